The van der Waals surface area contributed by atoms with Crippen LogP contribution in [0.4, 0.5) is 0 Å². The largest absolute Gasteiger partial charge is 0.482 e. The number of carbonyl (C=O) groups is 1. The van der Waals surface area contributed by atoms with Crippen molar-refractivity contribution in [2.45, 2.75) is 57.0 Å². The number of nitrogens with one attached hydrogen (secondary N) is 1. The topological polar surface area (TPSA) is 106 Å². The Hall–Kier alpha value is -3.34. The molecule has 1 N–H and O–H groups in total. The van der Waals surface area contributed by atoms with Crippen LogP contribution < -0.4 is 19.5 Å². The highest BCUT2D eigenvalue weighted by atomic mass is 16.6. The standard InChI is InChI=1S/C21H22N4O4/c1-13-19(29-18-5-3-2-4-17(18)27-13)20(26)25-14-6-8-15(9-7-14)28-21-16(12-22)23-10-11-24-21/h2-5,10-11,13-15,19H,6-9H2,1H3,(H,25,26). The molecule has 1 aliphatic carbocycles. The van der Waals surface area contributed by atoms with E-state index in [-0.39, 0.29) is 35.7 Å². The Morgan fingerprint density at radius 2 is 1.83 bits per heavy atom. The van der Waals surface area contributed by atoms with E-state index in [1.54, 1.807) is 6.07 Å². The first kappa shape index (κ1) is 19.0. The van der Waals surface area contributed by atoms with Crippen LogP contribution in [0, 0.1) is 11.3 Å². The fourth-order valence-electron chi connectivity index (χ4n) is 3.66. The van der Waals surface area contributed by atoms with Crippen LogP contribution in [0.15, 0.2) is 36.7 Å². The van der Waals surface area contributed by atoms with Crippen molar-refractivity contribution in [2.75, 3.05) is 0 Å². The summed E-state index contributed by atoms with van der Waals surface area (Å²) in [6.45, 7) is 1.83. The van der Waals surface area contributed by atoms with Gasteiger partial charge in [-0.3, -0.25) is 4.79 Å². The summed E-state index contributed by atoms with van der Waals surface area (Å²) in [7, 11) is 0. The van der Waals surface area contributed by atoms with Crippen molar-refractivity contribution in [2.24, 2.45) is 0 Å². The molecular formula is C21H22N4O4. The molecule has 1 saturated carbocycles. The van der Waals surface area contributed by atoms with Gasteiger partial charge in [0.05, 0.1) is 0 Å². The summed E-state index contributed by atoms with van der Waals surface area (Å²) >= 11 is 0. The summed E-state index contributed by atoms with van der Waals surface area (Å²) in [5, 5.41) is 12.2. The first-order valence-electron chi connectivity index (χ1n) is 9.74. The lowest BCUT2D eigenvalue weighted by atomic mass is 9.92. The molecule has 1 fully saturated rings. The maximum atomic E-state index is 12.7. The molecule has 2 aromatic rings. The molecule has 2 atom stereocenters. The molecule has 1 aliphatic heterocycles. The lowest BCUT2D eigenvalue weighted by Gasteiger charge is -2.34. The van der Waals surface area contributed by atoms with Crippen LogP contribution in [0.2, 0.25) is 0 Å². The number of nitriles is 1. The summed E-state index contributed by atoms with van der Waals surface area (Å²) in [5.41, 5.74) is 0.187. The summed E-state index contributed by atoms with van der Waals surface area (Å²) < 4.78 is 17.5. The van der Waals surface area contributed by atoms with Gasteiger partial charge in [0.1, 0.15) is 18.3 Å². The second-order valence-electron chi connectivity index (χ2n) is 7.23. The highest BCUT2D eigenvalue weighted by Gasteiger charge is 2.35. The van der Waals surface area contributed by atoms with E-state index >= 15 is 0 Å². The summed E-state index contributed by atoms with van der Waals surface area (Å²) in [6.07, 6.45) is 4.93. The Balaban J connectivity index is 1.30. The quantitative estimate of drug-likeness (QED) is 0.848. The molecule has 8 heteroatoms. The zero-order valence-electron chi connectivity index (χ0n) is 16.1. The van der Waals surface area contributed by atoms with Crippen molar-refractivity contribution in [3.05, 3.63) is 42.4 Å². The molecule has 1 aromatic carbocycles. The molecule has 2 unspecified atom stereocenters. The lowest BCUT2D eigenvalue weighted by Crippen LogP contribution is -2.52. The minimum atomic E-state index is -0.684. The van der Waals surface area contributed by atoms with Crippen LogP contribution in [0.25, 0.3) is 0 Å². The number of fused-ring (bicyclic) bond motifs is 1. The van der Waals surface area contributed by atoms with E-state index in [0.29, 0.717) is 11.5 Å². The number of carbonyl (C=O) groups excluding carboxylic acids is 1. The first-order valence-corrected chi connectivity index (χ1v) is 9.74. The minimum Gasteiger partial charge on any atom is -0.482 e. The third kappa shape index (κ3) is 4.24. The molecule has 0 bridgehead atoms. The van der Waals surface area contributed by atoms with Gasteiger partial charge in [0.2, 0.25) is 11.8 Å². The van der Waals surface area contributed by atoms with Gasteiger partial charge >= 0.3 is 0 Å². The second-order valence-corrected chi connectivity index (χ2v) is 7.23. The zero-order valence-corrected chi connectivity index (χ0v) is 16.1. The Morgan fingerprint density at radius 3 is 2.55 bits per heavy atom. The molecular weight excluding hydrogens is 372 g/mol. The zero-order chi connectivity index (χ0) is 20.2. The van der Waals surface area contributed by atoms with Crippen molar-refractivity contribution >= 4 is 5.91 Å². The normalized spacial score (nSPS) is 25.5. The van der Waals surface area contributed by atoms with E-state index in [0.717, 1.165) is 25.7 Å². The molecule has 0 spiro atoms. The van der Waals surface area contributed by atoms with Crippen LogP contribution in [0.1, 0.15) is 38.3 Å². The van der Waals surface area contributed by atoms with Gasteiger partial charge in [-0.05, 0) is 44.7 Å². The first-order chi connectivity index (χ1) is 14.1. The fraction of sp³-hybridized carbons (Fsp3) is 0.429. The second kappa shape index (κ2) is 8.35. The highest BCUT2D eigenvalue weighted by molar-refractivity contribution is 5.82. The third-order valence-corrected chi connectivity index (χ3v) is 5.17. The monoisotopic (exact) mass is 394 g/mol. The molecule has 4 rings (SSSR count). The van der Waals surface area contributed by atoms with Crippen molar-refractivity contribution in [3.8, 4) is 23.4 Å². The maximum Gasteiger partial charge on any atom is 0.265 e. The van der Waals surface area contributed by atoms with Crippen LogP contribution in [-0.2, 0) is 4.79 Å². The van der Waals surface area contributed by atoms with E-state index in [9.17, 15) is 4.79 Å². The Labute approximate surface area is 168 Å². The molecule has 1 amide bonds. The van der Waals surface area contributed by atoms with Gasteiger partial charge in [0.15, 0.2) is 11.5 Å². The molecule has 0 saturated heterocycles. The lowest BCUT2D eigenvalue weighted by molar-refractivity contribution is -0.134. The van der Waals surface area contributed by atoms with Crippen molar-refractivity contribution < 1.29 is 19.0 Å². The van der Waals surface area contributed by atoms with E-state index < -0.39 is 6.10 Å². The average molecular weight is 394 g/mol. The molecule has 2 heterocycles. The van der Waals surface area contributed by atoms with Crippen LogP contribution in [0.3, 0.4) is 0 Å². The Morgan fingerprint density at radius 1 is 1.14 bits per heavy atom. The smallest absolute Gasteiger partial charge is 0.265 e. The predicted octanol–water partition coefficient (Wildman–Crippen LogP) is 2.38. The van der Waals surface area contributed by atoms with Crippen molar-refractivity contribution in [1.82, 2.24) is 15.3 Å². The van der Waals surface area contributed by atoms with Gasteiger partial charge in [-0.1, -0.05) is 12.1 Å². The molecule has 29 heavy (non-hydrogen) atoms. The van der Waals surface area contributed by atoms with Gasteiger partial charge in [-0.2, -0.15) is 5.26 Å². The molecule has 150 valence electrons. The predicted molar refractivity (Wildman–Crippen MR) is 103 cm³/mol. The highest BCUT2D eigenvalue weighted by Crippen LogP contribution is 2.33. The molecule has 0 radical (unpaired) electrons. The van der Waals surface area contributed by atoms with Crippen LogP contribution >= 0.6 is 0 Å². The number of aromatic nitrogens is 2. The van der Waals surface area contributed by atoms with E-state index in [1.807, 2.05) is 31.2 Å². The number of benzene rings is 1. The number of hydrogen-bond donors (Lipinski definition) is 1. The summed E-state index contributed by atoms with van der Waals surface area (Å²) in [4.78, 5) is 20.8. The van der Waals surface area contributed by atoms with Gasteiger partial charge in [0.25, 0.3) is 11.8 Å². The number of ether oxygens (including phenoxy) is 3. The number of nitrogens with zero attached hydrogens (tertiary/aromatic N) is 3. The molecule has 8 nitrogen and oxygen atoms in total. The van der Waals surface area contributed by atoms with Crippen LogP contribution in [0.5, 0.6) is 17.4 Å². The summed E-state index contributed by atoms with van der Waals surface area (Å²) in [5.74, 6) is 1.34. The number of para-hydroxylation sites is 2. The van der Waals surface area contributed by atoms with Crippen LogP contribution in [-0.4, -0.2) is 40.2 Å². The number of amides is 1. The third-order valence-electron chi connectivity index (χ3n) is 5.17. The fourth-order valence-corrected chi connectivity index (χ4v) is 3.66. The Kier molecular flexibility index (Phi) is 5.47. The summed E-state index contributed by atoms with van der Waals surface area (Å²) in [6, 6.07) is 9.38. The van der Waals surface area contributed by atoms with Gasteiger partial charge in [-0.15, -0.1) is 0 Å². The van der Waals surface area contributed by atoms with Gasteiger partial charge in [-0.25, -0.2) is 9.97 Å². The minimum absolute atomic E-state index is 0.0487. The van der Waals surface area contributed by atoms with Crippen molar-refractivity contribution in [3.63, 3.8) is 0 Å². The van der Waals surface area contributed by atoms with E-state index in [1.165, 1.54) is 12.4 Å². The van der Waals surface area contributed by atoms with Crippen molar-refractivity contribution in [1.29, 1.82) is 5.26 Å². The Bertz CT molecular complexity index is 921. The number of hydrogen-bond acceptors (Lipinski definition) is 7. The van der Waals surface area contributed by atoms with E-state index in [4.69, 9.17) is 19.5 Å². The molecule has 2 aliphatic rings. The van der Waals surface area contributed by atoms with Gasteiger partial charge < -0.3 is 19.5 Å². The SMILES string of the molecule is CC1Oc2ccccc2OC1C(=O)NC1CCC(Oc2nccnc2C#N)CC1. The number of rotatable bonds is 4. The maximum absolute atomic E-state index is 12.7. The molecule has 1 aromatic heterocycles. The average Bonchev–Trinajstić information content (AvgIpc) is 2.75. The van der Waals surface area contributed by atoms with E-state index in [2.05, 4.69) is 15.3 Å². The van der Waals surface area contributed by atoms with Gasteiger partial charge in [0, 0.05) is 18.4 Å².